The summed E-state index contributed by atoms with van der Waals surface area (Å²) in [5, 5.41) is 3.23. The van der Waals surface area contributed by atoms with Crippen LogP contribution in [0.25, 0.3) is 10.8 Å². The van der Waals surface area contributed by atoms with E-state index in [9.17, 15) is 4.39 Å². The third kappa shape index (κ3) is 3.01. The van der Waals surface area contributed by atoms with Gasteiger partial charge >= 0.3 is 0 Å². The van der Waals surface area contributed by atoms with E-state index in [1.54, 1.807) is 6.07 Å². The molecule has 1 atom stereocenters. The van der Waals surface area contributed by atoms with Gasteiger partial charge in [0, 0.05) is 11.2 Å². The van der Waals surface area contributed by atoms with Gasteiger partial charge in [-0.3, -0.25) is 0 Å². The Morgan fingerprint density at radius 3 is 2.38 bits per heavy atom. The molecule has 0 bridgehead atoms. The van der Waals surface area contributed by atoms with Gasteiger partial charge in [0.25, 0.3) is 0 Å². The molecule has 0 amide bonds. The maximum atomic E-state index is 14.0. The Bertz CT molecular complexity index is 746. The molecule has 0 aromatic heterocycles. The Hall–Kier alpha value is -1.67. The van der Waals surface area contributed by atoms with Gasteiger partial charge in [0.05, 0.1) is 0 Å². The molecule has 0 radical (unpaired) electrons. The molecule has 0 nitrogen and oxygen atoms in total. The van der Waals surface area contributed by atoms with Crippen molar-refractivity contribution in [3.63, 3.8) is 0 Å². The Labute approximate surface area is 132 Å². The molecule has 0 aliphatic heterocycles. The van der Waals surface area contributed by atoms with Crippen LogP contribution in [0.1, 0.15) is 17.0 Å². The standard InChI is InChI=1S/C19H16BrF/c20-13-16(18-10-3-4-11-19(18)21)12-15-8-5-7-14-6-1-2-9-17(14)15/h1-11,16H,12-13H2. The SMILES string of the molecule is Fc1ccccc1C(CBr)Cc1cccc2ccccc12. The van der Waals surface area contributed by atoms with Crippen LogP contribution in [0.3, 0.4) is 0 Å². The summed E-state index contributed by atoms with van der Waals surface area (Å²) in [5.74, 6) is 0.0131. The fourth-order valence-corrected chi connectivity index (χ4v) is 3.37. The predicted octanol–water partition coefficient (Wildman–Crippen LogP) is 5.70. The molecule has 3 aromatic rings. The number of fused-ring (bicyclic) bond motifs is 1. The van der Waals surface area contributed by atoms with Gasteiger partial charge < -0.3 is 0 Å². The average Bonchev–Trinajstić information content (AvgIpc) is 2.53. The van der Waals surface area contributed by atoms with Gasteiger partial charge in [-0.1, -0.05) is 76.6 Å². The normalized spacial score (nSPS) is 12.5. The zero-order valence-electron chi connectivity index (χ0n) is 11.6. The number of alkyl halides is 1. The van der Waals surface area contributed by atoms with Crippen molar-refractivity contribution in [2.45, 2.75) is 12.3 Å². The zero-order chi connectivity index (χ0) is 14.7. The molecule has 3 rings (SSSR count). The summed E-state index contributed by atoms with van der Waals surface area (Å²) in [4.78, 5) is 0. The number of halogens is 2. The topological polar surface area (TPSA) is 0 Å². The van der Waals surface area contributed by atoms with Crippen molar-refractivity contribution < 1.29 is 4.39 Å². The second kappa shape index (κ2) is 6.40. The lowest BCUT2D eigenvalue weighted by Crippen LogP contribution is -2.07. The van der Waals surface area contributed by atoms with Gasteiger partial charge in [-0.25, -0.2) is 4.39 Å². The largest absolute Gasteiger partial charge is 0.207 e. The van der Waals surface area contributed by atoms with Gasteiger partial charge in [0.2, 0.25) is 0 Å². The lowest BCUT2D eigenvalue weighted by molar-refractivity contribution is 0.591. The van der Waals surface area contributed by atoms with Crippen LogP contribution in [-0.4, -0.2) is 5.33 Å². The summed E-state index contributed by atoms with van der Waals surface area (Å²) in [5.41, 5.74) is 2.04. The highest BCUT2D eigenvalue weighted by atomic mass is 79.9. The van der Waals surface area contributed by atoms with Crippen molar-refractivity contribution in [2.75, 3.05) is 5.33 Å². The van der Waals surface area contributed by atoms with E-state index in [1.807, 2.05) is 18.2 Å². The quantitative estimate of drug-likeness (QED) is 0.533. The molecule has 0 fully saturated rings. The summed E-state index contributed by atoms with van der Waals surface area (Å²) in [7, 11) is 0. The zero-order valence-corrected chi connectivity index (χ0v) is 13.2. The first-order valence-corrected chi connectivity index (χ1v) is 8.19. The van der Waals surface area contributed by atoms with Crippen LogP contribution >= 0.6 is 15.9 Å². The van der Waals surface area contributed by atoms with E-state index < -0.39 is 0 Å². The maximum absolute atomic E-state index is 14.0. The van der Waals surface area contributed by atoms with Gasteiger partial charge in [-0.15, -0.1) is 0 Å². The van der Waals surface area contributed by atoms with E-state index in [4.69, 9.17) is 0 Å². The molecule has 1 unspecified atom stereocenters. The molecule has 106 valence electrons. The monoisotopic (exact) mass is 342 g/mol. The number of rotatable bonds is 4. The molecule has 0 saturated heterocycles. The Morgan fingerprint density at radius 2 is 1.57 bits per heavy atom. The smallest absolute Gasteiger partial charge is 0.126 e. The van der Waals surface area contributed by atoms with Crippen LogP contribution in [0.15, 0.2) is 66.7 Å². The van der Waals surface area contributed by atoms with Crippen molar-refractivity contribution >= 4 is 26.7 Å². The molecule has 0 N–H and O–H groups in total. The third-order valence-electron chi connectivity index (χ3n) is 3.88. The van der Waals surface area contributed by atoms with E-state index in [2.05, 4.69) is 52.3 Å². The van der Waals surface area contributed by atoms with E-state index in [0.717, 1.165) is 17.3 Å². The minimum Gasteiger partial charge on any atom is -0.207 e. The Kier molecular flexibility index (Phi) is 4.35. The summed E-state index contributed by atoms with van der Waals surface area (Å²) < 4.78 is 14.0. The molecule has 21 heavy (non-hydrogen) atoms. The van der Waals surface area contributed by atoms with Gasteiger partial charge in [0.15, 0.2) is 0 Å². The summed E-state index contributed by atoms with van der Waals surface area (Å²) in [6.07, 6.45) is 0.827. The third-order valence-corrected chi connectivity index (χ3v) is 4.66. The minimum atomic E-state index is -0.123. The molecular weight excluding hydrogens is 327 g/mol. The molecule has 0 spiro atoms. The first kappa shape index (κ1) is 14.3. The lowest BCUT2D eigenvalue weighted by Gasteiger charge is -2.17. The molecular formula is C19H16BrF. The van der Waals surface area contributed by atoms with Crippen LogP contribution in [0.4, 0.5) is 4.39 Å². The fourth-order valence-electron chi connectivity index (χ4n) is 2.79. The van der Waals surface area contributed by atoms with Gasteiger partial charge in [-0.2, -0.15) is 0 Å². The van der Waals surface area contributed by atoms with Gasteiger partial charge in [-0.05, 0) is 34.4 Å². The Balaban J connectivity index is 1.98. The highest BCUT2D eigenvalue weighted by Crippen LogP contribution is 2.28. The Morgan fingerprint density at radius 1 is 0.857 bits per heavy atom. The van der Waals surface area contributed by atoms with Crippen molar-refractivity contribution in [2.24, 2.45) is 0 Å². The average molecular weight is 343 g/mol. The lowest BCUT2D eigenvalue weighted by atomic mass is 9.91. The summed E-state index contributed by atoms with van der Waals surface area (Å²) >= 11 is 3.54. The van der Waals surface area contributed by atoms with Crippen LogP contribution in [0, 0.1) is 5.82 Å². The summed E-state index contributed by atoms with van der Waals surface area (Å²) in [6, 6.07) is 21.7. The first-order valence-electron chi connectivity index (χ1n) is 7.06. The minimum absolute atomic E-state index is 0.123. The number of benzene rings is 3. The molecule has 0 saturated carbocycles. The van der Waals surface area contributed by atoms with Crippen molar-refractivity contribution in [3.8, 4) is 0 Å². The molecule has 2 heteroatoms. The van der Waals surface area contributed by atoms with Crippen molar-refractivity contribution in [1.82, 2.24) is 0 Å². The molecule has 3 aromatic carbocycles. The maximum Gasteiger partial charge on any atom is 0.126 e. The van der Waals surface area contributed by atoms with E-state index in [-0.39, 0.29) is 11.7 Å². The van der Waals surface area contributed by atoms with Crippen LogP contribution in [-0.2, 0) is 6.42 Å². The second-order valence-corrected chi connectivity index (χ2v) is 5.86. The van der Waals surface area contributed by atoms with Crippen molar-refractivity contribution in [1.29, 1.82) is 0 Å². The fraction of sp³-hybridized carbons (Fsp3) is 0.158. The van der Waals surface area contributed by atoms with E-state index in [0.29, 0.717) is 0 Å². The van der Waals surface area contributed by atoms with E-state index >= 15 is 0 Å². The number of hydrogen-bond acceptors (Lipinski definition) is 0. The summed E-state index contributed by atoms with van der Waals surface area (Å²) in [6.45, 7) is 0. The molecule has 0 heterocycles. The van der Waals surface area contributed by atoms with Crippen LogP contribution in [0.5, 0.6) is 0 Å². The molecule has 0 aliphatic rings. The second-order valence-electron chi connectivity index (χ2n) is 5.22. The highest BCUT2D eigenvalue weighted by Gasteiger charge is 2.16. The van der Waals surface area contributed by atoms with Gasteiger partial charge in [0.1, 0.15) is 5.82 Å². The first-order chi connectivity index (χ1) is 10.3. The van der Waals surface area contributed by atoms with Crippen LogP contribution in [0.2, 0.25) is 0 Å². The number of hydrogen-bond donors (Lipinski definition) is 0. The van der Waals surface area contributed by atoms with Crippen molar-refractivity contribution in [3.05, 3.63) is 83.7 Å². The predicted molar refractivity (Wildman–Crippen MR) is 90.6 cm³/mol. The molecule has 0 aliphatic carbocycles. The highest BCUT2D eigenvalue weighted by molar-refractivity contribution is 9.09. The van der Waals surface area contributed by atoms with E-state index in [1.165, 1.54) is 22.4 Å². The van der Waals surface area contributed by atoms with Crippen LogP contribution < -0.4 is 0 Å².